The van der Waals surface area contributed by atoms with Crippen molar-refractivity contribution in [2.24, 2.45) is 11.7 Å². The molecule has 0 radical (unpaired) electrons. The van der Waals surface area contributed by atoms with Crippen molar-refractivity contribution in [2.75, 3.05) is 6.54 Å². The van der Waals surface area contributed by atoms with E-state index in [4.69, 9.17) is 5.73 Å². The minimum Gasteiger partial charge on any atom is -0.345 e. The van der Waals surface area contributed by atoms with Gasteiger partial charge in [0.2, 0.25) is 0 Å². The predicted octanol–water partition coefficient (Wildman–Crippen LogP) is 2.34. The lowest BCUT2D eigenvalue weighted by molar-refractivity contribution is 0.0811. The molecule has 1 aliphatic carbocycles. The maximum Gasteiger partial charge on any atom is 0.253 e. The second-order valence-corrected chi connectivity index (χ2v) is 6.05. The monoisotopic (exact) mass is 275 g/mol. The highest BCUT2D eigenvalue weighted by atomic mass is 16.1. The van der Waals surface area contributed by atoms with Crippen LogP contribution in [0, 0.1) is 19.8 Å². The van der Waals surface area contributed by atoms with Gasteiger partial charge in [-0.05, 0) is 44.7 Å². The number of rotatable bonds is 3. The smallest absolute Gasteiger partial charge is 0.253 e. The maximum atomic E-state index is 12.5. The summed E-state index contributed by atoms with van der Waals surface area (Å²) >= 11 is 0. The quantitative estimate of drug-likeness (QED) is 0.889. The van der Waals surface area contributed by atoms with Crippen LogP contribution >= 0.6 is 0 Å². The van der Waals surface area contributed by atoms with E-state index in [0.717, 1.165) is 30.7 Å². The van der Waals surface area contributed by atoms with Crippen molar-refractivity contribution < 1.29 is 4.79 Å². The second kappa shape index (κ2) is 5.92. The lowest BCUT2D eigenvalue weighted by Crippen LogP contribution is -2.59. The Hall–Kier alpha value is -1.42. The minimum absolute atomic E-state index is 0.0470. The Morgan fingerprint density at radius 2 is 2.20 bits per heavy atom. The fourth-order valence-electron chi connectivity index (χ4n) is 3.17. The molecule has 4 nitrogen and oxygen atoms in total. The number of hydrogen-bond acceptors (Lipinski definition) is 3. The van der Waals surface area contributed by atoms with Gasteiger partial charge in [-0.3, -0.25) is 9.78 Å². The van der Waals surface area contributed by atoms with Crippen molar-refractivity contribution in [3.05, 3.63) is 29.1 Å². The largest absolute Gasteiger partial charge is 0.345 e. The van der Waals surface area contributed by atoms with Crippen molar-refractivity contribution in [2.45, 2.75) is 52.0 Å². The first-order valence-electron chi connectivity index (χ1n) is 7.45. The van der Waals surface area contributed by atoms with Gasteiger partial charge in [0.1, 0.15) is 0 Å². The number of carbonyl (C=O) groups is 1. The summed E-state index contributed by atoms with van der Waals surface area (Å²) in [5.74, 6) is 0.373. The van der Waals surface area contributed by atoms with Gasteiger partial charge in [-0.15, -0.1) is 0 Å². The van der Waals surface area contributed by atoms with Crippen LogP contribution in [0.25, 0.3) is 0 Å². The van der Waals surface area contributed by atoms with Gasteiger partial charge in [-0.1, -0.05) is 19.8 Å². The number of nitrogens with one attached hydrogen (secondary N) is 1. The number of nitrogens with zero attached hydrogens (tertiary/aromatic N) is 1. The number of hydrogen-bond donors (Lipinski definition) is 2. The van der Waals surface area contributed by atoms with Crippen molar-refractivity contribution in [1.82, 2.24) is 10.3 Å². The van der Waals surface area contributed by atoms with Crippen LogP contribution in [0.5, 0.6) is 0 Å². The van der Waals surface area contributed by atoms with E-state index in [2.05, 4.69) is 17.2 Å². The summed E-state index contributed by atoms with van der Waals surface area (Å²) in [5.41, 5.74) is 8.09. The molecule has 0 spiro atoms. The van der Waals surface area contributed by atoms with Crippen molar-refractivity contribution >= 4 is 5.91 Å². The molecule has 1 heterocycles. The average Bonchev–Trinajstić information content (AvgIpc) is 2.41. The summed E-state index contributed by atoms with van der Waals surface area (Å²) in [6.07, 6.45) is 4.45. The molecule has 2 rings (SSSR count). The van der Waals surface area contributed by atoms with E-state index < -0.39 is 0 Å². The summed E-state index contributed by atoms with van der Waals surface area (Å²) in [4.78, 5) is 16.9. The lowest BCUT2D eigenvalue weighted by Gasteiger charge is -2.42. The number of pyridine rings is 1. The molecule has 1 aliphatic rings. The molecule has 4 heteroatoms. The highest BCUT2D eigenvalue weighted by Crippen LogP contribution is 2.33. The Morgan fingerprint density at radius 1 is 1.45 bits per heavy atom. The zero-order chi connectivity index (χ0) is 14.8. The highest BCUT2D eigenvalue weighted by Gasteiger charge is 2.38. The first-order chi connectivity index (χ1) is 9.48. The van der Waals surface area contributed by atoms with Gasteiger partial charge in [-0.2, -0.15) is 0 Å². The van der Waals surface area contributed by atoms with Crippen molar-refractivity contribution in [3.63, 3.8) is 0 Å². The molecule has 20 heavy (non-hydrogen) atoms. The molecule has 1 aromatic heterocycles. The molecule has 1 aromatic rings. The van der Waals surface area contributed by atoms with E-state index in [1.165, 1.54) is 6.42 Å². The third-order valence-electron chi connectivity index (χ3n) is 4.65. The number of aryl methyl sites for hydroxylation is 2. The Labute approximate surface area is 121 Å². The number of amides is 1. The normalized spacial score (nSPS) is 26.3. The molecule has 0 bridgehead atoms. The molecule has 1 saturated carbocycles. The van der Waals surface area contributed by atoms with E-state index in [-0.39, 0.29) is 11.4 Å². The molecule has 3 N–H and O–H groups in total. The molecular weight excluding hydrogens is 250 g/mol. The van der Waals surface area contributed by atoms with Crippen LogP contribution in [-0.4, -0.2) is 23.0 Å². The lowest BCUT2D eigenvalue weighted by atomic mass is 9.73. The van der Waals surface area contributed by atoms with Crippen molar-refractivity contribution in [3.8, 4) is 0 Å². The summed E-state index contributed by atoms with van der Waals surface area (Å²) in [5, 5.41) is 3.20. The Balaban J connectivity index is 2.20. The third-order valence-corrected chi connectivity index (χ3v) is 4.65. The minimum atomic E-state index is -0.257. The number of aromatic nitrogens is 1. The molecule has 2 unspecified atom stereocenters. The zero-order valence-electron chi connectivity index (χ0n) is 12.7. The fourth-order valence-corrected chi connectivity index (χ4v) is 3.17. The maximum absolute atomic E-state index is 12.5. The fraction of sp³-hybridized carbons (Fsp3) is 0.625. The van der Waals surface area contributed by atoms with E-state index in [9.17, 15) is 4.79 Å². The van der Waals surface area contributed by atoms with Crippen LogP contribution < -0.4 is 11.1 Å². The van der Waals surface area contributed by atoms with Crippen LogP contribution in [0.1, 0.15) is 54.4 Å². The standard InChI is InChI=1S/C16H25N3O/c1-11-6-4-5-9-16(11,10-17)19-15(20)14-8-7-12(2)18-13(14)3/h7-8,11H,4-6,9-10,17H2,1-3H3,(H,19,20). The van der Waals surface area contributed by atoms with Gasteiger partial charge in [0.05, 0.1) is 16.8 Å². The van der Waals surface area contributed by atoms with Crippen molar-refractivity contribution in [1.29, 1.82) is 0 Å². The average molecular weight is 275 g/mol. The molecule has 0 aliphatic heterocycles. The van der Waals surface area contributed by atoms with Crippen LogP contribution in [-0.2, 0) is 0 Å². The van der Waals surface area contributed by atoms with Gasteiger partial charge in [-0.25, -0.2) is 0 Å². The summed E-state index contributed by atoms with van der Waals surface area (Å²) < 4.78 is 0. The van der Waals surface area contributed by atoms with Gasteiger partial charge >= 0.3 is 0 Å². The summed E-state index contributed by atoms with van der Waals surface area (Å²) in [7, 11) is 0. The summed E-state index contributed by atoms with van der Waals surface area (Å²) in [6, 6.07) is 3.73. The van der Waals surface area contributed by atoms with Crippen LogP contribution in [0.4, 0.5) is 0 Å². The number of carbonyl (C=O) groups excluding carboxylic acids is 1. The molecule has 0 saturated heterocycles. The van der Waals surface area contributed by atoms with Gasteiger partial charge < -0.3 is 11.1 Å². The molecule has 1 amide bonds. The van der Waals surface area contributed by atoms with E-state index in [1.807, 2.05) is 26.0 Å². The van der Waals surface area contributed by atoms with Crippen LogP contribution in [0.3, 0.4) is 0 Å². The van der Waals surface area contributed by atoms with E-state index in [1.54, 1.807) is 0 Å². The highest BCUT2D eigenvalue weighted by molar-refractivity contribution is 5.95. The Bertz CT molecular complexity index is 500. The Kier molecular flexibility index (Phi) is 4.43. The van der Waals surface area contributed by atoms with Gasteiger partial charge in [0.15, 0.2) is 0 Å². The van der Waals surface area contributed by atoms with Gasteiger partial charge in [0.25, 0.3) is 5.91 Å². The van der Waals surface area contributed by atoms with Crippen LogP contribution in [0.2, 0.25) is 0 Å². The van der Waals surface area contributed by atoms with E-state index >= 15 is 0 Å². The van der Waals surface area contributed by atoms with E-state index in [0.29, 0.717) is 18.0 Å². The molecular formula is C16H25N3O. The second-order valence-electron chi connectivity index (χ2n) is 6.05. The molecule has 110 valence electrons. The summed E-state index contributed by atoms with van der Waals surface area (Å²) in [6.45, 7) is 6.49. The van der Waals surface area contributed by atoms with Crippen LogP contribution in [0.15, 0.2) is 12.1 Å². The SMILES string of the molecule is Cc1ccc(C(=O)NC2(CN)CCCCC2C)c(C)n1. The molecule has 1 fully saturated rings. The number of nitrogens with two attached hydrogens (primary N) is 1. The first-order valence-corrected chi connectivity index (χ1v) is 7.45. The topological polar surface area (TPSA) is 68.0 Å². The van der Waals surface area contributed by atoms with Gasteiger partial charge in [0, 0.05) is 12.2 Å². The molecule has 0 aromatic carbocycles. The first kappa shape index (κ1) is 15.0. The predicted molar refractivity (Wildman–Crippen MR) is 80.6 cm³/mol. The third kappa shape index (κ3) is 2.85. The zero-order valence-corrected chi connectivity index (χ0v) is 12.7. The Morgan fingerprint density at radius 3 is 2.80 bits per heavy atom. The molecule has 2 atom stereocenters.